The third kappa shape index (κ3) is 3.25. The molecule has 1 aliphatic rings. The van der Waals surface area contributed by atoms with Gasteiger partial charge in [0.1, 0.15) is 0 Å². The van der Waals surface area contributed by atoms with Crippen LogP contribution in [0, 0.1) is 5.92 Å². The van der Waals surface area contributed by atoms with Crippen molar-refractivity contribution in [3.05, 3.63) is 0 Å². The van der Waals surface area contributed by atoms with Crippen molar-refractivity contribution in [2.75, 3.05) is 13.6 Å². The summed E-state index contributed by atoms with van der Waals surface area (Å²) in [4.78, 5) is 2.36. The zero-order valence-electron chi connectivity index (χ0n) is 9.87. The second-order valence-electron chi connectivity index (χ2n) is 4.87. The van der Waals surface area contributed by atoms with Crippen LogP contribution in [0.1, 0.15) is 46.0 Å². The maximum Gasteiger partial charge on any atom is 0.0695 e. The molecule has 1 unspecified atom stereocenters. The Morgan fingerprint density at radius 3 is 2.57 bits per heavy atom. The Balaban J connectivity index is 2.37. The Hall–Kier alpha value is -0.0800. The molecule has 0 bridgehead atoms. The fraction of sp³-hybridized carbons (Fsp3) is 1.00. The summed E-state index contributed by atoms with van der Waals surface area (Å²) in [5, 5.41) is 9.88. The van der Waals surface area contributed by atoms with E-state index in [-0.39, 0.29) is 6.10 Å². The van der Waals surface area contributed by atoms with E-state index in [1.807, 2.05) is 0 Å². The van der Waals surface area contributed by atoms with Gasteiger partial charge in [-0.1, -0.05) is 33.1 Å². The molecule has 1 N–H and O–H groups in total. The van der Waals surface area contributed by atoms with Crippen molar-refractivity contribution in [3.63, 3.8) is 0 Å². The minimum absolute atomic E-state index is 0.0854. The Labute approximate surface area is 88.3 Å². The molecule has 0 aliphatic heterocycles. The molecule has 2 nitrogen and oxygen atoms in total. The number of nitrogens with zero attached hydrogens (tertiary/aromatic N) is 1. The second kappa shape index (κ2) is 5.72. The maximum atomic E-state index is 9.88. The first-order chi connectivity index (χ1) is 6.65. The number of aliphatic hydroxyl groups excluding tert-OH is 1. The highest BCUT2D eigenvalue weighted by Gasteiger charge is 2.26. The summed E-state index contributed by atoms with van der Waals surface area (Å²) in [6.07, 6.45) is 5.80. The molecule has 1 rings (SSSR count). The molecule has 2 heteroatoms. The van der Waals surface area contributed by atoms with Gasteiger partial charge in [-0.15, -0.1) is 0 Å². The Morgan fingerprint density at radius 2 is 2.00 bits per heavy atom. The molecule has 1 saturated carbocycles. The number of hydrogen-bond acceptors (Lipinski definition) is 2. The lowest BCUT2D eigenvalue weighted by Crippen LogP contribution is -2.44. The Bertz CT molecular complexity index is 160. The zero-order valence-corrected chi connectivity index (χ0v) is 9.87. The predicted octanol–water partition coefficient (Wildman–Crippen LogP) is 2.27. The molecule has 0 aromatic heterocycles. The van der Waals surface area contributed by atoms with Crippen molar-refractivity contribution in [2.45, 2.75) is 58.1 Å². The Kier molecular flexibility index (Phi) is 4.90. The summed E-state index contributed by atoms with van der Waals surface area (Å²) in [5.41, 5.74) is 0. The van der Waals surface area contributed by atoms with Crippen LogP contribution in [0.15, 0.2) is 0 Å². The smallest absolute Gasteiger partial charge is 0.0695 e. The van der Waals surface area contributed by atoms with Gasteiger partial charge < -0.3 is 10.0 Å². The van der Waals surface area contributed by atoms with Gasteiger partial charge in [-0.3, -0.25) is 0 Å². The van der Waals surface area contributed by atoms with Crippen LogP contribution >= 0.6 is 0 Å². The quantitative estimate of drug-likeness (QED) is 0.751. The van der Waals surface area contributed by atoms with Crippen molar-refractivity contribution in [1.82, 2.24) is 4.90 Å². The molecular formula is C12H25NO. The normalized spacial score (nSPS) is 30.6. The van der Waals surface area contributed by atoms with E-state index in [1.54, 1.807) is 0 Å². The summed E-state index contributed by atoms with van der Waals surface area (Å²) in [6.45, 7) is 5.64. The summed E-state index contributed by atoms with van der Waals surface area (Å²) < 4.78 is 0. The van der Waals surface area contributed by atoms with Gasteiger partial charge >= 0.3 is 0 Å². The average Bonchev–Trinajstić information content (AvgIpc) is 2.18. The predicted molar refractivity (Wildman–Crippen MR) is 60.3 cm³/mol. The van der Waals surface area contributed by atoms with Crippen LogP contribution in [0.25, 0.3) is 0 Å². The fourth-order valence-electron chi connectivity index (χ4n) is 2.36. The molecule has 84 valence electrons. The molecule has 0 radical (unpaired) electrons. The summed E-state index contributed by atoms with van der Waals surface area (Å²) in [7, 11) is 2.16. The topological polar surface area (TPSA) is 23.5 Å². The largest absolute Gasteiger partial charge is 0.391 e. The highest BCUT2D eigenvalue weighted by Crippen LogP contribution is 2.23. The van der Waals surface area contributed by atoms with Gasteiger partial charge in [-0.25, -0.2) is 0 Å². The van der Waals surface area contributed by atoms with E-state index in [4.69, 9.17) is 0 Å². The molecular weight excluding hydrogens is 174 g/mol. The molecule has 1 aliphatic carbocycles. The van der Waals surface area contributed by atoms with E-state index in [0.717, 1.165) is 18.9 Å². The third-order valence-corrected chi connectivity index (χ3v) is 3.56. The lowest BCUT2D eigenvalue weighted by Gasteiger charge is -2.36. The number of aliphatic hydroxyl groups is 1. The van der Waals surface area contributed by atoms with Crippen LogP contribution in [0.3, 0.4) is 0 Å². The zero-order chi connectivity index (χ0) is 10.6. The first-order valence-corrected chi connectivity index (χ1v) is 6.03. The van der Waals surface area contributed by atoms with Crippen LogP contribution in [-0.2, 0) is 0 Å². The lowest BCUT2D eigenvalue weighted by molar-refractivity contribution is 0.0265. The van der Waals surface area contributed by atoms with Gasteiger partial charge in [0.2, 0.25) is 0 Å². The molecule has 0 heterocycles. The van der Waals surface area contributed by atoms with Crippen molar-refractivity contribution in [1.29, 1.82) is 0 Å². The molecule has 0 amide bonds. The Morgan fingerprint density at radius 1 is 1.36 bits per heavy atom. The van der Waals surface area contributed by atoms with E-state index >= 15 is 0 Å². The fourth-order valence-corrected chi connectivity index (χ4v) is 2.36. The van der Waals surface area contributed by atoms with Gasteiger partial charge in [-0.2, -0.15) is 0 Å². The summed E-state index contributed by atoms with van der Waals surface area (Å²) in [5.74, 6) is 0.745. The number of likely N-dealkylation sites (N-methyl/N-ethyl adjacent to an activating group) is 1. The molecule has 14 heavy (non-hydrogen) atoms. The van der Waals surface area contributed by atoms with E-state index < -0.39 is 0 Å². The average molecular weight is 199 g/mol. The summed E-state index contributed by atoms with van der Waals surface area (Å²) >= 11 is 0. The molecule has 0 aromatic rings. The monoisotopic (exact) mass is 199 g/mol. The van der Waals surface area contributed by atoms with Gasteiger partial charge in [-0.05, 0) is 25.8 Å². The van der Waals surface area contributed by atoms with Crippen molar-refractivity contribution < 1.29 is 5.11 Å². The van der Waals surface area contributed by atoms with E-state index in [0.29, 0.717) is 6.04 Å². The van der Waals surface area contributed by atoms with Gasteiger partial charge in [0.15, 0.2) is 0 Å². The molecule has 0 aromatic carbocycles. The van der Waals surface area contributed by atoms with Crippen LogP contribution < -0.4 is 0 Å². The molecule has 3 atom stereocenters. The summed E-state index contributed by atoms with van der Waals surface area (Å²) in [6, 6.07) is 0.415. The molecule has 0 spiro atoms. The first kappa shape index (κ1) is 12.0. The second-order valence-corrected chi connectivity index (χ2v) is 4.87. The van der Waals surface area contributed by atoms with Crippen LogP contribution in [-0.4, -0.2) is 35.7 Å². The van der Waals surface area contributed by atoms with E-state index in [2.05, 4.69) is 25.8 Å². The number of hydrogen-bond donors (Lipinski definition) is 1. The highest BCUT2D eigenvalue weighted by molar-refractivity contribution is 4.81. The van der Waals surface area contributed by atoms with Crippen molar-refractivity contribution in [3.8, 4) is 0 Å². The maximum absolute atomic E-state index is 9.88. The number of rotatable bonds is 4. The van der Waals surface area contributed by atoms with Gasteiger partial charge in [0.05, 0.1) is 6.10 Å². The molecule has 1 fully saturated rings. The third-order valence-electron chi connectivity index (χ3n) is 3.56. The lowest BCUT2D eigenvalue weighted by atomic mass is 9.91. The first-order valence-electron chi connectivity index (χ1n) is 6.03. The van der Waals surface area contributed by atoms with Gasteiger partial charge in [0, 0.05) is 12.6 Å². The van der Waals surface area contributed by atoms with Gasteiger partial charge in [0.25, 0.3) is 0 Å². The van der Waals surface area contributed by atoms with Crippen molar-refractivity contribution in [2.24, 2.45) is 5.92 Å². The minimum Gasteiger partial charge on any atom is -0.391 e. The molecule has 0 saturated heterocycles. The van der Waals surface area contributed by atoms with Crippen LogP contribution in [0.4, 0.5) is 0 Å². The standard InChI is InChI=1S/C12H25NO/c1-4-10(2)9-13(3)11-7-5-6-8-12(11)14/h10-12,14H,4-9H2,1-3H3/t10?,11-,12-/m0/s1. The van der Waals surface area contributed by atoms with E-state index in [9.17, 15) is 5.11 Å². The minimum atomic E-state index is -0.0854. The van der Waals surface area contributed by atoms with Crippen molar-refractivity contribution >= 4 is 0 Å². The highest BCUT2D eigenvalue weighted by atomic mass is 16.3. The van der Waals surface area contributed by atoms with E-state index in [1.165, 1.54) is 25.7 Å². The van der Waals surface area contributed by atoms with Crippen LogP contribution in [0.5, 0.6) is 0 Å². The SMILES string of the molecule is CCC(C)CN(C)[C@H]1CCCC[C@@H]1O. The van der Waals surface area contributed by atoms with Crippen LogP contribution in [0.2, 0.25) is 0 Å².